The van der Waals surface area contributed by atoms with Gasteiger partial charge in [-0.25, -0.2) is 4.98 Å². The summed E-state index contributed by atoms with van der Waals surface area (Å²) in [6, 6.07) is 8.20. The molecule has 0 bridgehead atoms. The van der Waals surface area contributed by atoms with Crippen molar-refractivity contribution in [1.82, 2.24) is 9.88 Å². The molecule has 2 heterocycles. The number of fused-ring (bicyclic) bond motifs is 1. The number of hydrogen-bond acceptors (Lipinski definition) is 4. The van der Waals surface area contributed by atoms with Crippen LogP contribution < -0.4 is 0 Å². The van der Waals surface area contributed by atoms with E-state index in [4.69, 9.17) is 4.42 Å². The first-order valence-electron chi connectivity index (χ1n) is 9.09. The van der Waals surface area contributed by atoms with Gasteiger partial charge >= 0.3 is 0 Å². The largest absolute Gasteiger partial charge is 0.431 e. The molecule has 1 atom stereocenters. The predicted molar refractivity (Wildman–Crippen MR) is 96.0 cm³/mol. The van der Waals surface area contributed by atoms with Crippen LogP contribution in [-0.2, 0) is 4.79 Å². The third-order valence-corrected chi connectivity index (χ3v) is 6.22. The Balaban J connectivity index is 1.37. The van der Waals surface area contributed by atoms with E-state index >= 15 is 0 Å². The van der Waals surface area contributed by atoms with Crippen molar-refractivity contribution in [1.29, 1.82) is 0 Å². The van der Waals surface area contributed by atoms with Crippen molar-refractivity contribution in [3.63, 3.8) is 0 Å². The Kier molecular flexibility index (Phi) is 4.79. The maximum Gasteiger partial charge on any atom is 0.257 e. The van der Waals surface area contributed by atoms with E-state index in [1.807, 2.05) is 24.3 Å². The lowest BCUT2D eigenvalue weighted by molar-refractivity contribution is -0.130. The third kappa shape index (κ3) is 3.32. The third-order valence-electron chi connectivity index (χ3n) is 5.41. The van der Waals surface area contributed by atoms with Crippen LogP contribution in [0.4, 0.5) is 0 Å². The summed E-state index contributed by atoms with van der Waals surface area (Å²) in [4.78, 5) is 19.3. The van der Waals surface area contributed by atoms with Gasteiger partial charge in [-0.2, -0.15) is 0 Å². The molecule has 2 aromatic rings. The second kappa shape index (κ2) is 7.18. The first-order chi connectivity index (χ1) is 11.8. The van der Waals surface area contributed by atoms with E-state index in [9.17, 15) is 4.79 Å². The number of thioether (sulfide) groups is 1. The second-order valence-electron chi connectivity index (χ2n) is 6.93. The van der Waals surface area contributed by atoms with E-state index in [0.29, 0.717) is 17.0 Å². The van der Waals surface area contributed by atoms with Crippen LogP contribution in [0.25, 0.3) is 11.1 Å². The van der Waals surface area contributed by atoms with E-state index in [1.165, 1.54) is 50.3 Å². The summed E-state index contributed by atoms with van der Waals surface area (Å²) in [5.41, 5.74) is 1.64. The minimum Gasteiger partial charge on any atom is -0.431 e. The molecule has 1 aliphatic heterocycles. The molecular weight excluding hydrogens is 320 g/mol. The molecule has 5 heteroatoms. The zero-order valence-electron chi connectivity index (χ0n) is 13.9. The summed E-state index contributed by atoms with van der Waals surface area (Å²) in [6.45, 7) is 0.925. The number of oxazole rings is 1. The summed E-state index contributed by atoms with van der Waals surface area (Å²) in [6.07, 6.45) is 8.97. The molecule has 2 aliphatic rings. The van der Waals surface area contributed by atoms with Gasteiger partial charge in [0, 0.05) is 12.6 Å². The van der Waals surface area contributed by atoms with Crippen LogP contribution in [-0.4, -0.2) is 34.1 Å². The van der Waals surface area contributed by atoms with Gasteiger partial charge in [-0.15, -0.1) is 0 Å². The fraction of sp³-hybridized carbons (Fsp3) is 0.579. The lowest BCUT2D eigenvalue weighted by atomic mass is 9.83. The number of aromatic nitrogens is 1. The second-order valence-corrected chi connectivity index (χ2v) is 7.86. The van der Waals surface area contributed by atoms with Gasteiger partial charge < -0.3 is 9.32 Å². The lowest BCUT2D eigenvalue weighted by Gasteiger charge is -2.34. The summed E-state index contributed by atoms with van der Waals surface area (Å²) in [7, 11) is 0. The highest BCUT2D eigenvalue weighted by atomic mass is 32.2. The Bertz CT molecular complexity index is 675. The molecule has 0 radical (unpaired) electrons. The molecule has 0 spiro atoms. The van der Waals surface area contributed by atoms with Crippen LogP contribution in [0.1, 0.15) is 44.9 Å². The number of carbonyl (C=O) groups is 1. The van der Waals surface area contributed by atoms with Crippen LogP contribution in [0.3, 0.4) is 0 Å². The van der Waals surface area contributed by atoms with Crippen molar-refractivity contribution >= 4 is 28.8 Å². The zero-order chi connectivity index (χ0) is 16.4. The molecule has 1 aromatic heterocycles. The van der Waals surface area contributed by atoms with Crippen LogP contribution in [0.5, 0.6) is 0 Å². The highest BCUT2D eigenvalue weighted by molar-refractivity contribution is 7.99. The number of nitrogens with zero attached hydrogens (tertiary/aromatic N) is 2. The van der Waals surface area contributed by atoms with Crippen LogP contribution >= 0.6 is 11.8 Å². The zero-order valence-corrected chi connectivity index (χ0v) is 14.8. The van der Waals surface area contributed by atoms with E-state index in [2.05, 4.69) is 9.88 Å². The molecule has 1 aromatic carbocycles. The van der Waals surface area contributed by atoms with Gasteiger partial charge in [0.2, 0.25) is 5.91 Å². The Labute approximate surface area is 147 Å². The molecule has 128 valence electrons. The SMILES string of the molecule is O=C(CSc1nc2ccccc2o1)N1CCC[C@H]1C1CCCCC1. The van der Waals surface area contributed by atoms with Crippen molar-refractivity contribution in [2.75, 3.05) is 12.3 Å². The highest BCUT2D eigenvalue weighted by Gasteiger charge is 2.35. The van der Waals surface area contributed by atoms with Gasteiger partial charge in [-0.05, 0) is 43.7 Å². The minimum absolute atomic E-state index is 0.246. The fourth-order valence-corrected chi connectivity index (χ4v) is 4.95. The molecule has 1 amide bonds. The van der Waals surface area contributed by atoms with Gasteiger partial charge in [0.05, 0.1) is 5.75 Å². The highest BCUT2D eigenvalue weighted by Crippen LogP contribution is 2.35. The average Bonchev–Trinajstić information content (AvgIpc) is 3.27. The Morgan fingerprint density at radius 2 is 2.00 bits per heavy atom. The fourth-order valence-electron chi connectivity index (χ4n) is 4.23. The minimum atomic E-state index is 0.246. The summed E-state index contributed by atoms with van der Waals surface area (Å²) >= 11 is 1.42. The molecule has 1 saturated heterocycles. The molecule has 0 unspecified atom stereocenters. The Morgan fingerprint density at radius 3 is 2.83 bits per heavy atom. The number of amides is 1. The monoisotopic (exact) mass is 344 g/mol. The molecule has 24 heavy (non-hydrogen) atoms. The standard InChI is InChI=1S/C19H24N2O2S/c22-18(13-24-19-20-15-9-4-5-11-17(15)23-19)21-12-6-10-16(21)14-7-2-1-3-8-14/h4-5,9,11,14,16H,1-3,6-8,10,12-13H2/t16-/m0/s1. The number of hydrogen-bond donors (Lipinski definition) is 0. The van der Waals surface area contributed by atoms with Crippen molar-refractivity contribution in [2.24, 2.45) is 5.92 Å². The number of rotatable bonds is 4. The summed E-state index contributed by atoms with van der Waals surface area (Å²) in [5, 5.41) is 0.595. The molecule has 4 rings (SSSR count). The van der Waals surface area contributed by atoms with E-state index in [0.717, 1.165) is 30.0 Å². The van der Waals surface area contributed by atoms with E-state index in [1.54, 1.807) is 0 Å². The maximum atomic E-state index is 12.7. The van der Waals surface area contributed by atoms with Crippen molar-refractivity contribution in [2.45, 2.75) is 56.2 Å². The Morgan fingerprint density at radius 1 is 1.17 bits per heavy atom. The molecule has 1 saturated carbocycles. The summed E-state index contributed by atoms with van der Waals surface area (Å²) < 4.78 is 5.71. The molecule has 2 fully saturated rings. The smallest absolute Gasteiger partial charge is 0.257 e. The lowest BCUT2D eigenvalue weighted by Crippen LogP contribution is -2.41. The topological polar surface area (TPSA) is 46.3 Å². The number of likely N-dealkylation sites (tertiary alicyclic amines) is 1. The number of carbonyl (C=O) groups excluding carboxylic acids is 1. The van der Waals surface area contributed by atoms with E-state index < -0.39 is 0 Å². The quantitative estimate of drug-likeness (QED) is 0.767. The van der Waals surface area contributed by atoms with Crippen LogP contribution in [0.2, 0.25) is 0 Å². The van der Waals surface area contributed by atoms with Gasteiger partial charge in [-0.3, -0.25) is 4.79 Å². The first-order valence-corrected chi connectivity index (χ1v) is 10.1. The molecule has 0 N–H and O–H groups in total. The molecule has 4 nitrogen and oxygen atoms in total. The number of benzene rings is 1. The summed E-state index contributed by atoms with van der Waals surface area (Å²) in [5.74, 6) is 1.39. The van der Waals surface area contributed by atoms with Crippen molar-refractivity contribution < 1.29 is 9.21 Å². The van der Waals surface area contributed by atoms with Crippen molar-refractivity contribution in [3.05, 3.63) is 24.3 Å². The predicted octanol–water partition coefficient (Wildman–Crippen LogP) is 4.49. The van der Waals surface area contributed by atoms with Crippen LogP contribution in [0, 0.1) is 5.92 Å². The van der Waals surface area contributed by atoms with Crippen LogP contribution in [0.15, 0.2) is 33.9 Å². The van der Waals surface area contributed by atoms with Gasteiger partial charge in [0.15, 0.2) is 5.58 Å². The number of para-hydroxylation sites is 2. The first kappa shape index (κ1) is 16.0. The maximum absolute atomic E-state index is 12.7. The Hall–Kier alpha value is -1.49. The van der Waals surface area contributed by atoms with Gasteiger partial charge in [0.1, 0.15) is 5.52 Å². The average molecular weight is 344 g/mol. The van der Waals surface area contributed by atoms with E-state index in [-0.39, 0.29) is 5.91 Å². The molecular formula is C19H24N2O2S. The normalized spacial score (nSPS) is 22.3. The van der Waals surface area contributed by atoms with Gasteiger partial charge in [0.25, 0.3) is 5.22 Å². The van der Waals surface area contributed by atoms with Gasteiger partial charge in [-0.1, -0.05) is 43.2 Å². The molecule has 1 aliphatic carbocycles. The van der Waals surface area contributed by atoms with Crippen molar-refractivity contribution in [3.8, 4) is 0 Å².